The molecule has 27 heavy (non-hydrogen) atoms. The highest BCUT2D eigenvalue weighted by Crippen LogP contribution is 2.35. The molecule has 5 rings (SSSR count). The number of nitrogens with one attached hydrogen (secondary N) is 2. The first-order valence-corrected chi connectivity index (χ1v) is 9.32. The molecule has 1 unspecified atom stereocenters. The normalized spacial score (nSPS) is 16.7. The lowest BCUT2D eigenvalue weighted by Crippen LogP contribution is -2.18. The summed E-state index contributed by atoms with van der Waals surface area (Å²) in [5.41, 5.74) is 13.0. The number of imidazole rings is 2. The SMILES string of the molecule is Cc1cc2nc3n(c2cc1C)CCCC3c1nc2ccc(C(=N)N)cc2[nH]1. The molecule has 6 heteroatoms. The van der Waals surface area contributed by atoms with Crippen molar-refractivity contribution in [1.82, 2.24) is 19.5 Å². The van der Waals surface area contributed by atoms with E-state index in [1.807, 2.05) is 18.2 Å². The van der Waals surface area contributed by atoms with Crippen LogP contribution in [0, 0.1) is 19.3 Å². The highest BCUT2D eigenvalue weighted by molar-refractivity contribution is 5.98. The minimum atomic E-state index is 0.0678. The van der Waals surface area contributed by atoms with Gasteiger partial charge in [0.05, 0.1) is 28.0 Å². The van der Waals surface area contributed by atoms with E-state index in [0.717, 1.165) is 47.6 Å². The van der Waals surface area contributed by atoms with Gasteiger partial charge in [-0.05, 0) is 68.1 Å². The van der Waals surface area contributed by atoms with Crippen molar-refractivity contribution in [2.45, 2.75) is 39.2 Å². The Morgan fingerprint density at radius 3 is 2.78 bits per heavy atom. The Kier molecular flexibility index (Phi) is 3.37. The second kappa shape index (κ2) is 5.67. The first kappa shape index (κ1) is 16.1. The molecule has 136 valence electrons. The number of nitrogen functional groups attached to an aromatic ring is 1. The number of amidine groups is 1. The van der Waals surface area contributed by atoms with Crippen molar-refractivity contribution >= 4 is 27.9 Å². The molecule has 4 N–H and O–H groups in total. The molecular weight excluding hydrogens is 336 g/mol. The standard InChI is InChI=1S/C21H22N6/c1-11-8-17-18(9-12(11)2)27-7-3-4-14(21(27)26-17)20-24-15-6-5-13(19(22)23)10-16(15)25-20/h5-6,8-10,14H,3-4,7H2,1-2H3,(H3,22,23)(H,24,25). The van der Waals surface area contributed by atoms with Gasteiger partial charge >= 0.3 is 0 Å². The minimum Gasteiger partial charge on any atom is -0.384 e. The fourth-order valence-electron chi connectivity index (χ4n) is 4.10. The van der Waals surface area contributed by atoms with Crippen molar-refractivity contribution in [1.29, 1.82) is 5.41 Å². The zero-order valence-corrected chi connectivity index (χ0v) is 15.5. The predicted octanol–water partition coefficient (Wildman–Crippen LogP) is 3.74. The maximum Gasteiger partial charge on any atom is 0.122 e. The van der Waals surface area contributed by atoms with Gasteiger partial charge in [0.25, 0.3) is 0 Å². The molecule has 0 amide bonds. The third-order valence-corrected chi connectivity index (χ3v) is 5.72. The molecule has 2 aromatic heterocycles. The Labute approximate surface area is 156 Å². The van der Waals surface area contributed by atoms with E-state index in [4.69, 9.17) is 21.1 Å². The van der Waals surface area contributed by atoms with Crippen molar-refractivity contribution in [2.75, 3.05) is 0 Å². The van der Waals surface area contributed by atoms with Crippen molar-refractivity contribution in [3.63, 3.8) is 0 Å². The number of hydrogen-bond acceptors (Lipinski definition) is 3. The van der Waals surface area contributed by atoms with E-state index in [-0.39, 0.29) is 11.8 Å². The molecule has 0 saturated heterocycles. The summed E-state index contributed by atoms with van der Waals surface area (Å²) in [6, 6.07) is 10.1. The number of fused-ring (bicyclic) bond motifs is 4. The van der Waals surface area contributed by atoms with Crippen molar-refractivity contribution in [3.05, 3.63) is 58.7 Å². The van der Waals surface area contributed by atoms with Gasteiger partial charge < -0.3 is 15.3 Å². The van der Waals surface area contributed by atoms with Crippen LogP contribution in [-0.2, 0) is 6.54 Å². The van der Waals surface area contributed by atoms with E-state index in [0.29, 0.717) is 5.56 Å². The molecule has 1 atom stereocenters. The largest absolute Gasteiger partial charge is 0.384 e. The third-order valence-electron chi connectivity index (χ3n) is 5.72. The predicted molar refractivity (Wildman–Crippen MR) is 107 cm³/mol. The first-order chi connectivity index (χ1) is 13.0. The summed E-state index contributed by atoms with van der Waals surface area (Å²) in [4.78, 5) is 13.3. The van der Waals surface area contributed by atoms with Crippen LogP contribution in [0.25, 0.3) is 22.1 Å². The van der Waals surface area contributed by atoms with E-state index in [1.54, 1.807) is 0 Å². The number of benzene rings is 2. The summed E-state index contributed by atoms with van der Waals surface area (Å²) < 4.78 is 2.35. The molecule has 0 saturated carbocycles. The number of aryl methyl sites for hydroxylation is 3. The molecule has 2 aromatic carbocycles. The van der Waals surface area contributed by atoms with Crippen LogP contribution in [0.5, 0.6) is 0 Å². The van der Waals surface area contributed by atoms with Gasteiger partial charge in [0.2, 0.25) is 0 Å². The Hall–Kier alpha value is -3.15. The molecule has 6 nitrogen and oxygen atoms in total. The number of nitrogens with two attached hydrogens (primary N) is 1. The van der Waals surface area contributed by atoms with Crippen molar-refractivity contribution in [2.24, 2.45) is 5.73 Å². The van der Waals surface area contributed by atoms with Crippen LogP contribution < -0.4 is 5.73 Å². The second-order valence-electron chi connectivity index (χ2n) is 7.51. The van der Waals surface area contributed by atoms with Gasteiger partial charge in [-0.2, -0.15) is 0 Å². The van der Waals surface area contributed by atoms with Crippen LogP contribution in [0.2, 0.25) is 0 Å². The van der Waals surface area contributed by atoms with Gasteiger partial charge in [-0.15, -0.1) is 0 Å². The zero-order chi connectivity index (χ0) is 18.7. The first-order valence-electron chi connectivity index (χ1n) is 9.32. The summed E-state index contributed by atoms with van der Waals surface area (Å²) in [6.45, 7) is 5.29. The second-order valence-corrected chi connectivity index (χ2v) is 7.51. The number of aromatic amines is 1. The fraction of sp³-hybridized carbons (Fsp3) is 0.286. The van der Waals surface area contributed by atoms with E-state index < -0.39 is 0 Å². The topological polar surface area (TPSA) is 96.4 Å². The summed E-state index contributed by atoms with van der Waals surface area (Å²) >= 11 is 0. The van der Waals surface area contributed by atoms with Gasteiger partial charge in [0.15, 0.2) is 0 Å². The monoisotopic (exact) mass is 358 g/mol. The minimum absolute atomic E-state index is 0.0678. The molecule has 0 fully saturated rings. The zero-order valence-electron chi connectivity index (χ0n) is 15.5. The Morgan fingerprint density at radius 2 is 1.96 bits per heavy atom. The van der Waals surface area contributed by atoms with E-state index in [2.05, 4.69) is 35.5 Å². The van der Waals surface area contributed by atoms with Crippen LogP contribution in [0.4, 0.5) is 0 Å². The van der Waals surface area contributed by atoms with Crippen LogP contribution in [0.15, 0.2) is 30.3 Å². The number of nitrogens with zero attached hydrogens (tertiary/aromatic N) is 3. The molecule has 4 aromatic rings. The highest BCUT2D eigenvalue weighted by atomic mass is 15.1. The summed E-state index contributed by atoms with van der Waals surface area (Å²) in [7, 11) is 0. The van der Waals surface area contributed by atoms with Gasteiger partial charge in [0.1, 0.15) is 17.5 Å². The van der Waals surface area contributed by atoms with Crippen LogP contribution in [-0.4, -0.2) is 25.4 Å². The lowest BCUT2D eigenvalue weighted by Gasteiger charge is -2.22. The Morgan fingerprint density at radius 1 is 1.15 bits per heavy atom. The quantitative estimate of drug-likeness (QED) is 0.376. The number of rotatable bonds is 2. The molecule has 1 aliphatic heterocycles. The lowest BCUT2D eigenvalue weighted by atomic mass is 9.98. The van der Waals surface area contributed by atoms with Gasteiger partial charge in [-0.25, -0.2) is 9.97 Å². The number of hydrogen-bond donors (Lipinski definition) is 3. The molecule has 0 spiro atoms. The summed E-state index contributed by atoms with van der Waals surface area (Å²) in [6.07, 6.45) is 2.13. The van der Waals surface area contributed by atoms with Crippen LogP contribution in [0.3, 0.4) is 0 Å². The maximum absolute atomic E-state index is 7.64. The van der Waals surface area contributed by atoms with Gasteiger partial charge in [-0.3, -0.25) is 5.41 Å². The molecule has 0 aliphatic carbocycles. The molecule has 3 heterocycles. The molecule has 0 radical (unpaired) electrons. The summed E-state index contributed by atoms with van der Waals surface area (Å²) in [5.74, 6) is 2.25. The number of aromatic nitrogens is 4. The van der Waals surface area contributed by atoms with Gasteiger partial charge in [0, 0.05) is 12.1 Å². The average Bonchev–Trinajstić information content (AvgIpc) is 3.22. The average molecular weight is 358 g/mol. The molecular formula is C21H22N6. The lowest BCUT2D eigenvalue weighted by molar-refractivity contribution is 0.478. The maximum atomic E-state index is 7.64. The van der Waals surface area contributed by atoms with Crippen LogP contribution >= 0.6 is 0 Å². The van der Waals surface area contributed by atoms with E-state index in [9.17, 15) is 0 Å². The van der Waals surface area contributed by atoms with Crippen molar-refractivity contribution in [3.8, 4) is 0 Å². The van der Waals surface area contributed by atoms with E-state index in [1.165, 1.54) is 16.6 Å². The van der Waals surface area contributed by atoms with Crippen LogP contribution in [0.1, 0.15) is 47.1 Å². The van der Waals surface area contributed by atoms with E-state index >= 15 is 0 Å². The fourth-order valence-corrected chi connectivity index (χ4v) is 4.10. The Balaban J connectivity index is 1.65. The van der Waals surface area contributed by atoms with Crippen molar-refractivity contribution < 1.29 is 0 Å². The Bertz CT molecular complexity index is 1210. The molecule has 1 aliphatic rings. The molecule has 0 bridgehead atoms. The number of H-pyrrole nitrogens is 1. The van der Waals surface area contributed by atoms with Gasteiger partial charge in [-0.1, -0.05) is 0 Å². The smallest absolute Gasteiger partial charge is 0.122 e. The summed E-state index contributed by atoms with van der Waals surface area (Å²) in [5, 5.41) is 7.64. The highest BCUT2D eigenvalue weighted by Gasteiger charge is 2.28. The third kappa shape index (κ3) is 2.44.